The summed E-state index contributed by atoms with van der Waals surface area (Å²) in [6.45, 7) is 7.27. The van der Waals surface area contributed by atoms with Gasteiger partial charge in [-0.25, -0.2) is 0 Å². The van der Waals surface area contributed by atoms with Gasteiger partial charge in [0.05, 0.1) is 25.4 Å². The van der Waals surface area contributed by atoms with Gasteiger partial charge in [0, 0.05) is 25.3 Å². The molecule has 0 amide bonds. The molecule has 5 heteroatoms. The first kappa shape index (κ1) is 11.5. The summed E-state index contributed by atoms with van der Waals surface area (Å²) >= 11 is 0. The highest BCUT2D eigenvalue weighted by molar-refractivity contribution is 6.67. The number of ether oxygens (including phenoxy) is 2. The van der Waals surface area contributed by atoms with Crippen LogP contribution in [0.2, 0.25) is 12.1 Å². The van der Waals surface area contributed by atoms with Crippen LogP contribution in [0.1, 0.15) is 13.8 Å². The average molecular weight is 232 g/mol. The lowest BCUT2D eigenvalue weighted by Crippen LogP contribution is -2.44. The Balaban J connectivity index is 1.92. The standard InChI is InChI=1S/C10H20O4Si/c1-3-13-15(14-4-2,7-9-5-11-9)8-10-6-12-10/h9-10H,3-8H2,1-2H3. The molecule has 2 atom stereocenters. The van der Waals surface area contributed by atoms with Gasteiger partial charge < -0.3 is 18.3 Å². The third-order valence-electron chi connectivity index (χ3n) is 2.70. The Bertz CT molecular complexity index is 182. The van der Waals surface area contributed by atoms with Crippen LogP contribution in [-0.4, -0.2) is 47.2 Å². The quantitative estimate of drug-likeness (QED) is 0.467. The second kappa shape index (κ2) is 4.93. The Morgan fingerprint density at radius 3 is 1.67 bits per heavy atom. The zero-order chi connectivity index (χ0) is 10.7. The van der Waals surface area contributed by atoms with Gasteiger partial charge in [0.25, 0.3) is 0 Å². The summed E-state index contributed by atoms with van der Waals surface area (Å²) in [5.41, 5.74) is 0. The molecule has 2 aliphatic rings. The molecular formula is C10H20O4Si. The summed E-state index contributed by atoms with van der Waals surface area (Å²) in [5.74, 6) is 0. The van der Waals surface area contributed by atoms with Gasteiger partial charge in [-0.2, -0.15) is 0 Å². The van der Waals surface area contributed by atoms with Crippen LogP contribution in [0.3, 0.4) is 0 Å². The van der Waals surface area contributed by atoms with E-state index in [0.717, 1.165) is 38.5 Å². The first-order valence-electron chi connectivity index (χ1n) is 5.79. The van der Waals surface area contributed by atoms with Gasteiger partial charge in [0.2, 0.25) is 0 Å². The maximum absolute atomic E-state index is 5.93. The fraction of sp³-hybridized carbons (Fsp3) is 1.00. The normalized spacial score (nSPS) is 29.2. The average Bonchev–Trinajstić information content (AvgIpc) is 3.02. The van der Waals surface area contributed by atoms with Crippen molar-refractivity contribution < 1.29 is 18.3 Å². The van der Waals surface area contributed by atoms with E-state index >= 15 is 0 Å². The van der Waals surface area contributed by atoms with E-state index in [2.05, 4.69) is 0 Å². The van der Waals surface area contributed by atoms with Crippen molar-refractivity contribution in [2.75, 3.05) is 26.4 Å². The molecule has 2 unspecified atom stereocenters. The predicted octanol–water partition coefficient (Wildman–Crippen LogP) is 1.30. The second-order valence-electron chi connectivity index (χ2n) is 4.10. The zero-order valence-corrected chi connectivity index (χ0v) is 10.5. The van der Waals surface area contributed by atoms with Gasteiger partial charge in [-0.05, 0) is 13.8 Å². The molecule has 0 N–H and O–H groups in total. The van der Waals surface area contributed by atoms with Crippen LogP contribution < -0.4 is 0 Å². The summed E-state index contributed by atoms with van der Waals surface area (Å²) in [6.07, 6.45) is 0.766. The molecule has 2 rings (SSSR count). The van der Waals surface area contributed by atoms with Gasteiger partial charge in [0.15, 0.2) is 0 Å². The predicted molar refractivity (Wildman–Crippen MR) is 58.1 cm³/mol. The molecule has 2 heterocycles. The SMILES string of the molecule is CCO[Si](CC1CO1)(CC1CO1)OCC. The Morgan fingerprint density at radius 2 is 1.40 bits per heavy atom. The Kier molecular flexibility index (Phi) is 3.79. The van der Waals surface area contributed by atoms with E-state index in [9.17, 15) is 0 Å². The summed E-state index contributed by atoms with van der Waals surface area (Å²) < 4.78 is 22.4. The Morgan fingerprint density at radius 1 is 1.00 bits per heavy atom. The van der Waals surface area contributed by atoms with Gasteiger partial charge in [-0.1, -0.05) is 0 Å². The third-order valence-corrected chi connectivity index (χ3v) is 6.48. The number of hydrogen-bond acceptors (Lipinski definition) is 4. The summed E-state index contributed by atoms with van der Waals surface area (Å²) in [7, 11) is -2.05. The largest absolute Gasteiger partial charge is 0.394 e. The van der Waals surface area contributed by atoms with Crippen molar-refractivity contribution in [2.45, 2.75) is 38.1 Å². The molecule has 0 aromatic heterocycles. The van der Waals surface area contributed by atoms with Gasteiger partial charge in [0.1, 0.15) is 0 Å². The van der Waals surface area contributed by atoms with Gasteiger partial charge in [-0.15, -0.1) is 0 Å². The molecule has 2 fully saturated rings. The molecule has 2 aliphatic heterocycles. The molecule has 0 aromatic rings. The van der Waals surface area contributed by atoms with Crippen molar-refractivity contribution in [2.24, 2.45) is 0 Å². The van der Waals surface area contributed by atoms with Crippen molar-refractivity contribution >= 4 is 8.56 Å². The maximum Gasteiger partial charge on any atom is 0.343 e. The highest BCUT2D eigenvalue weighted by Gasteiger charge is 2.47. The van der Waals surface area contributed by atoms with E-state index in [-0.39, 0.29) is 0 Å². The summed E-state index contributed by atoms with van der Waals surface area (Å²) in [4.78, 5) is 0. The van der Waals surface area contributed by atoms with Crippen molar-refractivity contribution in [1.82, 2.24) is 0 Å². The zero-order valence-electron chi connectivity index (χ0n) is 9.53. The van der Waals surface area contributed by atoms with Crippen LogP contribution in [0.15, 0.2) is 0 Å². The number of hydrogen-bond donors (Lipinski definition) is 0. The van der Waals surface area contributed by atoms with Gasteiger partial charge in [-0.3, -0.25) is 0 Å². The minimum absolute atomic E-state index is 0.383. The van der Waals surface area contributed by atoms with E-state index < -0.39 is 8.56 Å². The fourth-order valence-electron chi connectivity index (χ4n) is 1.95. The van der Waals surface area contributed by atoms with Crippen molar-refractivity contribution in [1.29, 1.82) is 0 Å². The summed E-state index contributed by atoms with van der Waals surface area (Å²) in [6, 6.07) is 1.93. The minimum atomic E-state index is -2.05. The molecular weight excluding hydrogens is 212 g/mol. The van der Waals surface area contributed by atoms with Gasteiger partial charge >= 0.3 is 8.56 Å². The van der Waals surface area contributed by atoms with Crippen LogP contribution in [0.5, 0.6) is 0 Å². The molecule has 0 radical (unpaired) electrons. The molecule has 0 saturated carbocycles. The topological polar surface area (TPSA) is 43.5 Å². The number of epoxide rings is 2. The van der Waals surface area contributed by atoms with E-state index in [1.54, 1.807) is 0 Å². The number of rotatable bonds is 8. The molecule has 0 bridgehead atoms. The lowest BCUT2D eigenvalue weighted by Gasteiger charge is -2.29. The molecule has 4 nitrogen and oxygen atoms in total. The lowest BCUT2D eigenvalue weighted by molar-refractivity contribution is 0.175. The first-order chi connectivity index (χ1) is 7.28. The smallest absolute Gasteiger partial charge is 0.343 e. The Hall–Kier alpha value is 0.0569. The van der Waals surface area contributed by atoms with Crippen molar-refractivity contribution in [3.05, 3.63) is 0 Å². The highest BCUT2D eigenvalue weighted by Crippen LogP contribution is 2.32. The molecule has 0 aromatic carbocycles. The van der Waals surface area contributed by atoms with Crippen LogP contribution in [0.4, 0.5) is 0 Å². The van der Waals surface area contributed by atoms with Crippen LogP contribution in [-0.2, 0) is 18.3 Å². The second-order valence-corrected chi connectivity index (χ2v) is 7.31. The van der Waals surface area contributed by atoms with E-state index in [1.165, 1.54) is 0 Å². The lowest BCUT2D eigenvalue weighted by atomic mass is 10.6. The van der Waals surface area contributed by atoms with E-state index in [4.69, 9.17) is 18.3 Å². The van der Waals surface area contributed by atoms with E-state index in [1.807, 2.05) is 13.8 Å². The van der Waals surface area contributed by atoms with Crippen LogP contribution >= 0.6 is 0 Å². The molecule has 88 valence electrons. The van der Waals surface area contributed by atoms with E-state index in [0.29, 0.717) is 12.2 Å². The highest BCUT2D eigenvalue weighted by atomic mass is 28.4. The Labute approximate surface area is 92.1 Å². The first-order valence-corrected chi connectivity index (χ1v) is 8.02. The molecule has 2 saturated heterocycles. The monoisotopic (exact) mass is 232 g/mol. The molecule has 15 heavy (non-hydrogen) atoms. The maximum atomic E-state index is 5.93. The van der Waals surface area contributed by atoms with Crippen molar-refractivity contribution in [3.8, 4) is 0 Å². The minimum Gasteiger partial charge on any atom is -0.394 e. The summed E-state index contributed by atoms with van der Waals surface area (Å²) in [5, 5.41) is 0. The molecule has 0 spiro atoms. The fourth-order valence-corrected chi connectivity index (χ4v) is 5.58. The van der Waals surface area contributed by atoms with Crippen LogP contribution in [0, 0.1) is 0 Å². The third kappa shape index (κ3) is 3.53. The van der Waals surface area contributed by atoms with Crippen LogP contribution in [0.25, 0.3) is 0 Å². The van der Waals surface area contributed by atoms with Crippen molar-refractivity contribution in [3.63, 3.8) is 0 Å². The molecule has 0 aliphatic carbocycles.